The number of pyridine rings is 1. The Balaban J connectivity index is 2.20. The predicted molar refractivity (Wildman–Crippen MR) is 109 cm³/mol. The van der Waals surface area contributed by atoms with Gasteiger partial charge < -0.3 is 4.90 Å². The van der Waals surface area contributed by atoms with Gasteiger partial charge in [0, 0.05) is 42.4 Å². The first-order valence-corrected chi connectivity index (χ1v) is 9.29. The van der Waals surface area contributed by atoms with Gasteiger partial charge in [0.15, 0.2) is 0 Å². The average Bonchev–Trinajstić information content (AvgIpc) is 2.66. The number of carbonyl (C=O) groups excluding carboxylic acids is 1. The van der Waals surface area contributed by atoms with Crippen LogP contribution in [0.1, 0.15) is 55.4 Å². The zero-order valence-electron chi connectivity index (χ0n) is 16.8. The van der Waals surface area contributed by atoms with Crippen LogP contribution in [-0.2, 0) is 0 Å². The second-order valence-electron chi connectivity index (χ2n) is 7.52. The van der Waals surface area contributed by atoms with Gasteiger partial charge >= 0.3 is 0 Å². The van der Waals surface area contributed by atoms with Gasteiger partial charge in [0.2, 0.25) is 0 Å². The van der Waals surface area contributed by atoms with Crippen molar-refractivity contribution in [2.24, 2.45) is 0 Å². The molecule has 0 atom stereocenters. The third-order valence-electron chi connectivity index (χ3n) is 4.85. The number of aryl methyl sites for hydroxylation is 1. The third kappa shape index (κ3) is 3.68. The first kappa shape index (κ1) is 19.0. The van der Waals surface area contributed by atoms with Gasteiger partial charge in [-0.15, -0.1) is 0 Å². The molecular weight excluding hydrogens is 336 g/mol. The normalized spacial score (nSPS) is 11.4. The molecule has 3 aromatic rings. The van der Waals surface area contributed by atoms with E-state index >= 15 is 0 Å². The quantitative estimate of drug-likeness (QED) is 0.680. The van der Waals surface area contributed by atoms with Crippen LogP contribution in [0, 0.1) is 6.92 Å². The zero-order valence-corrected chi connectivity index (χ0v) is 16.8. The van der Waals surface area contributed by atoms with E-state index in [-0.39, 0.29) is 17.9 Å². The van der Waals surface area contributed by atoms with Crippen molar-refractivity contribution in [2.45, 2.75) is 46.6 Å². The Kier molecular flexibility index (Phi) is 5.22. The van der Waals surface area contributed by atoms with E-state index in [1.807, 2.05) is 52.1 Å². The Morgan fingerprint density at radius 3 is 2.33 bits per heavy atom. The van der Waals surface area contributed by atoms with E-state index < -0.39 is 0 Å². The van der Waals surface area contributed by atoms with Gasteiger partial charge in [-0.2, -0.15) is 0 Å². The topological polar surface area (TPSA) is 59.0 Å². The SMILES string of the molecule is Cc1cccc2c(C(=O)N(C)C(C)C)cc(-c3cnc(C(C)C)nc3)nc12. The lowest BCUT2D eigenvalue weighted by Gasteiger charge is -2.22. The van der Waals surface area contributed by atoms with Gasteiger partial charge in [0.1, 0.15) is 5.82 Å². The van der Waals surface area contributed by atoms with Crippen molar-refractivity contribution in [2.75, 3.05) is 7.05 Å². The van der Waals surface area contributed by atoms with Crippen LogP contribution in [0.25, 0.3) is 22.2 Å². The molecule has 0 aliphatic carbocycles. The summed E-state index contributed by atoms with van der Waals surface area (Å²) in [5, 5.41) is 0.871. The van der Waals surface area contributed by atoms with Gasteiger partial charge in [-0.3, -0.25) is 4.79 Å². The molecule has 1 amide bonds. The van der Waals surface area contributed by atoms with E-state index in [0.29, 0.717) is 11.3 Å². The Labute approximate surface area is 160 Å². The standard InChI is InChI=1S/C22H26N4O/c1-13(2)21-23-11-16(12-24-21)19-10-18(22(27)26(6)14(3)4)17-9-7-8-15(5)20(17)25-19/h7-14H,1-6H3. The monoisotopic (exact) mass is 362 g/mol. The highest BCUT2D eigenvalue weighted by Gasteiger charge is 2.20. The molecule has 2 aromatic heterocycles. The minimum atomic E-state index is -0.0102. The number of benzene rings is 1. The smallest absolute Gasteiger partial charge is 0.254 e. The van der Waals surface area contributed by atoms with Crippen LogP contribution in [0.15, 0.2) is 36.7 Å². The van der Waals surface area contributed by atoms with E-state index in [0.717, 1.165) is 27.9 Å². The molecule has 3 rings (SSSR count). The highest BCUT2D eigenvalue weighted by Crippen LogP contribution is 2.27. The fraction of sp³-hybridized carbons (Fsp3) is 0.364. The van der Waals surface area contributed by atoms with E-state index in [2.05, 4.69) is 23.8 Å². The number of amides is 1. The second-order valence-corrected chi connectivity index (χ2v) is 7.52. The highest BCUT2D eigenvalue weighted by atomic mass is 16.2. The number of hydrogen-bond donors (Lipinski definition) is 0. The van der Waals surface area contributed by atoms with Crippen LogP contribution in [0.3, 0.4) is 0 Å². The maximum absolute atomic E-state index is 13.1. The van der Waals surface area contributed by atoms with Crippen molar-refractivity contribution in [3.8, 4) is 11.3 Å². The maximum Gasteiger partial charge on any atom is 0.254 e. The molecule has 0 saturated carbocycles. The fourth-order valence-electron chi connectivity index (χ4n) is 2.91. The molecule has 0 radical (unpaired) electrons. The summed E-state index contributed by atoms with van der Waals surface area (Å²) in [4.78, 5) is 28.6. The summed E-state index contributed by atoms with van der Waals surface area (Å²) >= 11 is 0. The summed E-state index contributed by atoms with van der Waals surface area (Å²) < 4.78 is 0. The summed E-state index contributed by atoms with van der Waals surface area (Å²) in [7, 11) is 1.83. The van der Waals surface area contributed by atoms with Crippen LogP contribution in [0.2, 0.25) is 0 Å². The molecule has 0 fully saturated rings. The zero-order chi connectivity index (χ0) is 19.7. The number of fused-ring (bicyclic) bond motifs is 1. The predicted octanol–water partition coefficient (Wildman–Crippen LogP) is 4.60. The van der Waals surface area contributed by atoms with Crippen LogP contribution in [0.4, 0.5) is 0 Å². The first-order valence-electron chi connectivity index (χ1n) is 9.29. The largest absolute Gasteiger partial charge is 0.339 e. The van der Waals surface area contributed by atoms with Crippen molar-refractivity contribution in [1.82, 2.24) is 19.9 Å². The van der Waals surface area contributed by atoms with Gasteiger partial charge in [-0.25, -0.2) is 15.0 Å². The number of nitrogens with zero attached hydrogens (tertiary/aromatic N) is 4. The van der Waals surface area contributed by atoms with E-state index in [1.165, 1.54) is 0 Å². The van der Waals surface area contributed by atoms with Crippen LogP contribution >= 0.6 is 0 Å². The van der Waals surface area contributed by atoms with Crippen molar-refractivity contribution in [1.29, 1.82) is 0 Å². The van der Waals surface area contributed by atoms with E-state index in [1.54, 1.807) is 17.3 Å². The molecule has 0 saturated heterocycles. The molecular formula is C22H26N4O. The van der Waals surface area contributed by atoms with Gasteiger partial charge in [-0.1, -0.05) is 32.0 Å². The van der Waals surface area contributed by atoms with Crippen LogP contribution < -0.4 is 0 Å². The number of rotatable bonds is 4. The highest BCUT2D eigenvalue weighted by molar-refractivity contribution is 6.07. The molecule has 2 heterocycles. The van der Waals surface area contributed by atoms with Crippen molar-refractivity contribution in [3.63, 3.8) is 0 Å². The van der Waals surface area contributed by atoms with Gasteiger partial charge in [-0.05, 0) is 32.4 Å². The molecule has 5 heteroatoms. The molecule has 140 valence electrons. The molecule has 0 unspecified atom stereocenters. The number of hydrogen-bond acceptors (Lipinski definition) is 4. The Morgan fingerprint density at radius 1 is 1.07 bits per heavy atom. The number of aromatic nitrogens is 3. The van der Waals surface area contributed by atoms with Crippen LogP contribution in [0.5, 0.6) is 0 Å². The Hall–Kier alpha value is -2.82. The Bertz CT molecular complexity index is 978. The molecule has 0 N–H and O–H groups in total. The maximum atomic E-state index is 13.1. The van der Waals surface area contributed by atoms with E-state index in [4.69, 9.17) is 4.98 Å². The third-order valence-corrected chi connectivity index (χ3v) is 4.85. The van der Waals surface area contributed by atoms with Crippen molar-refractivity contribution < 1.29 is 4.79 Å². The molecule has 0 aliphatic heterocycles. The summed E-state index contributed by atoms with van der Waals surface area (Å²) in [6.07, 6.45) is 3.57. The lowest BCUT2D eigenvalue weighted by Crippen LogP contribution is -2.33. The summed E-state index contributed by atoms with van der Waals surface area (Å²) in [6, 6.07) is 7.90. The number of para-hydroxylation sites is 1. The van der Waals surface area contributed by atoms with Crippen molar-refractivity contribution >= 4 is 16.8 Å². The molecule has 0 bridgehead atoms. The molecule has 0 spiro atoms. The Morgan fingerprint density at radius 2 is 1.74 bits per heavy atom. The summed E-state index contributed by atoms with van der Waals surface area (Å²) in [5.41, 5.74) is 4.06. The first-order chi connectivity index (χ1) is 12.8. The minimum Gasteiger partial charge on any atom is -0.339 e. The van der Waals surface area contributed by atoms with Gasteiger partial charge in [0.05, 0.1) is 16.8 Å². The average molecular weight is 362 g/mol. The van der Waals surface area contributed by atoms with Gasteiger partial charge in [0.25, 0.3) is 5.91 Å². The molecule has 0 aliphatic rings. The lowest BCUT2D eigenvalue weighted by molar-refractivity contribution is 0.0757. The lowest BCUT2D eigenvalue weighted by atomic mass is 10.0. The summed E-state index contributed by atoms with van der Waals surface area (Å²) in [6.45, 7) is 10.1. The second kappa shape index (κ2) is 7.43. The molecule has 1 aromatic carbocycles. The number of carbonyl (C=O) groups is 1. The molecule has 5 nitrogen and oxygen atoms in total. The minimum absolute atomic E-state index is 0.0102. The fourth-order valence-corrected chi connectivity index (χ4v) is 2.91. The van der Waals surface area contributed by atoms with Crippen LogP contribution in [-0.4, -0.2) is 38.8 Å². The molecule has 27 heavy (non-hydrogen) atoms. The van der Waals surface area contributed by atoms with E-state index in [9.17, 15) is 4.79 Å². The van der Waals surface area contributed by atoms with Crippen molar-refractivity contribution in [3.05, 3.63) is 53.6 Å². The summed E-state index contributed by atoms with van der Waals surface area (Å²) in [5.74, 6) is 1.05.